The van der Waals surface area contributed by atoms with Gasteiger partial charge in [0.05, 0.1) is 18.1 Å². The van der Waals surface area contributed by atoms with Crippen molar-refractivity contribution < 1.29 is 24.2 Å². The van der Waals surface area contributed by atoms with E-state index in [9.17, 15) is 14.7 Å². The molecule has 0 aromatic rings. The fraction of sp³-hybridized carbons (Fsp3) is 0.840. The number of esters is 1. The number of aliphatic hydroxyl groups excluding tert-OH is 1. The Kier molecular flexibility index (Phi) is 10.0. The smallest absolute Gasteiger partial charge is 0.308 e. The van der Waals surface area contributed by atoms with Crippen molar-refractivity contribution in [2.75, 3.05) is 0 Å². The number of Topliss-reactive ketones (excluding diaryl/α,β-unsaturated/α-hetero) is 1. The number of hydrogen-bond donors (Lipinski definition) is 1. The maximum atomic E-state index is 12.7. The van der Waals surface area contributed by atoms with Crippen LogP contribution in [0.4, 0.5) is 0 Å². The Hall–Kier alpha value is -1.20. The van der Waals surface area contributed by atoms with E-state index in [0.29, 0.717) is 25.2 Å². The van der Waals surface area contributed by atoms with Gasteiger partial charge in [0, 0.05) is 18.8 Å². The van der Waals surface area contributed by atoms with Crippen LogP contribution in [0.5, 0.6) is 0 Å². The normalized spacial score (nSPS) is 38.0. The first-order chi connectivity index (χ1) is 14.2. The largest absolute Gasteiger partial charge is 0.462 e. The van der Waals surface area contributed by atoms with Crippen molar-refractivity contribution in [1.82, 2.24) is 0 Å². The molecule has 2 saturated heterocycles. The fourth-order valence-corrected chi connectivity index (χ4v) is 4.86. The van der Waals surface area contributed by atoms with Gasteiger partial charge in [-0.1, -0.05) is 59.1 Å². The number of aliphatic hydroxyl groups is 1. The van der Waals surface area contributed by atoms with Gasteiger partial charge in [0.2, 0.25) is 0 Å². The first-order valence-electron chi connectivity index (χ1n) is 12.0. The molecule has 2 heterocycles. The molecule has 0 amide bonds. The molecule has 1 N–H and O–H groups in total. The molecule has 30 heavy (non-hydrogen) atoms. The molecule has 5 heteroatoms. The molecule has 7 atom stereocenters. The summed E-state index contributed by atoms with van der Waals surface area (Å²) in [5, 5.41) is 10.5. The lowest BCUT2D eigenvalue weighted by molar-refractivity contribution is -0.154. The van der Waals surface area contributed by atoms with Crippen LogP contribution in [0.3, 0.4) is 0 Å². The van der Waals surface area contributed by atoms with Crippen molar-refractivity contribution in [3.05, 3.63) is 12.2 Å². The van der Waals surface area contributed by atoms with Gasteiger partial charge in [-0.05, 0) is 38.0 Å². The predicted octanol–water partition coefficient (Wildman–Crippen LogP) is 4.99. The Balaban J connectivity index is 2.09. The number of hydrogen-bond acceptors (Lipinski definition) is 5. The minimum atomic E-state index is -0.993. The average Bonchev–Trinajstić information content (AvgIpc) is 3.02. The second-order valence-corrected chi connectivity index (χ2v) is 9.76. The molecule has 0 aromatic carbocycles. The number of cyclic esters (lactones) is 1. The van der Waals surface area contributed by atoms with Crippen LogP contribution in [0.15, 0.2) is 12.2 Å². The zero-order chi connectivity index (χ0) is 22.3. The topological polar surface area (TPSA) is 72.8 Å². The number of ether oxygens (including phenoxy) is 2. The Morgan fingerprint density at radius 2 is 1.73 bits per heavy atom. The quantitative estimate of drug-likeness (QED) is 0.501. The highest BCUT2D eigenvalue weighted by Crippen LogP contribution is 2.33. The van der Waals surface area contributed by atoms with Gasteiger partial charge in [-0.15, -0.1) is 0 Å². The number of rotatable bonds is 2. The van der Waals surface area contributed by atoms with Crippen LogP contribution in [0.25, 0.3) is 0 Å². The molecule has 172 valence electrons. The Morgan fingerprint density at radius 3 is 2.43 bits per heavy atom. The van der Waals surface area contributed by atoms with E-state index in [2.05, 4.69) is 20.4 Å². The first-order valence-corrected chi connectivity index (χ1v) is 12.0. The van der Waals surface area contributed by atoms with Crippen LogP contribution in [0, 0.1) is 17.8 Å². The van der Waals surface area contributed by atoms with Crippen LogP contribution in [0.2, 0.25) is 0 Å². The Bertz CT molecular complexity index is 586. The lowest BCUT2D eigenvalue weighted by atomic mass is 9.89. The second kappa shape index (κ2) is 12.0. The minimum absolute atomic E-state index is 0.0546. The first kappa shape index (κ1) is 25.1. The molecule has 0 radical (unpaired) electrons. The van der Waals surface area contributed by atoms with E-state index in [0.717, 1.165) is 50.5 Å². The SMILES string of the molecule is C=C1CC(C)C(=O)[C@@H](O)C[C@H]2C[C@H](C)[C@H](CCCC[C@H](C)C(=O)O[C@H](CCC)C1)O2. The van der Waals surface area contributed by atoms with E-state index in [1.54, 1.807) is 0 Å². The second-order valence-electron chi connectivity index (χ2n) is 9.76. The molecule has 2 rings (SSSR count). The molecule has 1 unspecified atom stereocenters. The number of carbonyl (C=O) groups excluding carboxylic acids is 2. The molecule has 0 aromatic heterocycles. The van der Waals surface area contributed by atoms with Gasteiger partial charge in [0.25, 0.3) is 0 Å². The highest BCUT2D eigenvalue weighted by atomic mass is 16.5. The molecule has 2 aliphatic heterocycles. The van der Waals surface area contributed by atoms with Crippen LogP contribution in [-0.4, -0.2) is 41.3 Å². The number of carbonyl (C=O) groups is 2. The number of fused-ring (bicyclic) bond motifs is 2. The Labute approximate surface area is 182 Å². The van der Waals surface area contributed by atoms with Crippen LogP contribution >= 0.6 is 0 Å². The molecule has 0 saturated carbocycles. The molecule has 2 fully saturated rings. The van der Waals surface area contributed by atoms with Gasteiger partial charge in [-0.3, -0.25) is 9.59 Å². The summed E-state index contributed by atoms with van der Waals surface area (Å²) in [6.45, 7) is 12.2. The van der Waals surface area contributed by atoms with Crippen molar-refractivity contribution in [1.29, 1.82) is 0 Å². The van der Waals surface area contributed by atoms with Crippen LogP contribution < -0.4 is 0 Å². The lowest BCUT2D eigenvalue weighted by Gasteiger charge is -2.23. The summed E-state index contributed by atoms with van der Waals surface area (Å²) < 4.78 is 12.0. The molecule has 2 aliphatic rings. The summed E-state index contributed by atoms with van der Waals surface area (Å²) in [6.07, 6.45) is 6.76. The third-order valence-corrected chi connectivity index (χ3v) is 6.72. The van der Waals surface area contributed by atoms with Gasteiger partial charge >= 0.3 is 5.97 Å². The number of ketones is 1. The van der Waals surface area contributed by atoms with Crippen LogP contribution in [0.1, 0.15) is 91.9 Å². The maximum Gasteiger partial charge on any atom is 0.308 e. The van der Waals surface area contributed by atoms with E-state index in [1.807, 2.05) is 13.8 Å². The standard InChI is InChI=1S/C25H42O5/c1-6-9-20-13-16(2)12-19(5)24(27)22(26)15-21-14-18(4)23(29-21)11-8-7-10-17(3)25(28)30-20/h17-23,26H,2,6-15H2,1,3-5H3/t17-,18-,19?,20+,21+,22-,23-/m0/s1. The van der Waals surface area contributed by atoms with Gasteiger partial charge in [0.1, 0.15) is 12.2 Å². The predicted molar refractivity (Wildman–Crippen MR) is 118 cm³/mol. The van der Waals surface area contributed by atoms with Crippen molar-refractivity contribution in [2.24, 2.45) is 17.8 Å². The zero-order valence-corrected chi connectivity index (χ0v) is 19.4. The summed E-state index contributed by atoms with van der Waals surface area (Å²) in [6, 6.07) is 0. The summed E-state index contributed by atoms with van der Waals surface area (Å²) >= 11 is 0. The van der Waals surface area contributed by atoms with Gasteiger partial charge in [-0.25, -0.2) is 0 Å². The van der Waals surface area contributed by atoms with E-state index in [-0.39, 0.29) is 41.9 Å². The lowest BCUT2D eigenvalue weighted by Crippen LogP contribution is -2.31. The van der Waals surface area contributed by atoms with E-state index in [4.69, 9.17) is 9.47 Å². The summed E-state index contributed by atoms with van der Waals surface area (Å²) in [5.74, 6) is -0.268. The summed E-state index contributed by atoms with van der Waals surface area (Å²) in [7, 11) is 0. The third kappa shape index (κ3) is 7.49. The van der Waals surface area contributed by atoms with E-state index >= 15 is 0 Å². The molecule has 2 bridgehead atoms. The van der Waals surface area contributed by atoms with E-state index in [1.165, 1.54) is 0 Å². The van der Waals surface area contributed by atoms with Crippen molar-refractivity contribution >= 4 is 11.8 Å². The van der Waals surface area contributed by atoms with Crippen LogP contribution in [-0.2, 0) is 19.1 Å². The highest BCUT2D eigenvalue weighted by molar-refractivity contribution is 5.85. The van der Waals surface area contributed by atoms with Crippen molar-refractivity contribution in [2.45, 2.75) is 116 Å². The monoisotopic (exact) mass is 422 g/mol. The van der Waals surface area contributed by atoms with Gasteiger partial charge in [-0.2, -0.15) is 0 Å². The third-order valence-electron chi connectivity index (χ3n) is 6.72. The molecule has 0 spiro atoms. The van der Waals surface area contributed by atoms with Crippen molar-refractivity contribution in [3.63, 3.8) is 0 Å². The van der Waals surface area contributed by atoms with Gasteiger partial charge < -0.3 is 14.6 Å². The average molecular weight is 423 g/mol. The zero-order valence-electron chi connectivity index (χ0n) is 19.4. The minimum Gasteiger partial charge on any atom is -0.462 e. The molecule has 5 nitrogen and oxygen atoms in total. The maximum absolute atomic E-state index is 12.7. The fourth-order valence-electron chi connectivity index (χ4n) is 4.86. The summed E-state index contributed by atoms with van der Waals surface area (Å²) in [4.78, 5) is 25.3. The molecular weight excluding hydrogens is 380 g/mol. The van der Waals surface area contributed by atoms with Crippen molar-refractivity contribution in [3.8, 4) is 0 Å². The molecule has 0 aliphatic carbocycles. The summed E-state index contributed by atoms with van der Waals surface area (Å²) in [5.41, 5.74) is 0.897. The molecular formula is C25H42O5. The van der Waals surface area contributed by atoms with Gasteiger partial charge in [0.15, 0.2) is 5.78 Å². The van der Waals surface area contributed by atoms with E-state index < -0.39 is 6.10 Å². The highest BCUT2D eigenvalue weighted by Gasteiger charge is 2.35. The Morgan fingerprint density at radius 1 is 1.03 bits per heavy atom.